The number of hydrogen-bond donors (Lipinski definition) is 1. The maximum absolute atomic E-state index is 12.4. The number of ether oxygens (including phenoxy) is 1. The lowest BCUT2D eigenvalue weighted by molar-refractivity contribution is -0.144. The molecule has 3 aliphatic rings. The zero-order valence-corrected chi connectivity index (χ0v) is 15.3. The maximum atomic E-state index is 12.4. The summed E-state index contributed by atoms with van der Waals surface area (Å²) in [7, 11) is -1.72. The third-order valence-electron chi connectivity index (χ3n) is 5.93. The van der Waals surface area contributed by atoms with Crippen molar-refractivity contribution in [2.75, 3.05) is 33.1 Å². The second kappa shape index (κ2) is 6.55. The second-order valence-electron chi connectivity index (χ2n) is 7.58. The van der Waals surface area contributed by atoms with E-state index in [0.29, 0.717) is 45.4 Å². The van der Waals surface area contributed by atoms with Crippen molar-refractivity contribution < 1.29 is 23.1 Å². The van der Waals surface area contributed by atoms with Crippen LogP contribution in [0, 0.1) is 5.92 Å². The summed E-state index contributed by atoms with van der Waals surface area (Å²) >= 11 is 0. The Morgan fingerprint density at radius 2 is 1.88 bits per heavy atom. The van der Waals surface area contributed by atoms with Crippen molar-refractivity contribution in [2.45, 2.75) is 56.2 Å². The maximum Gasteiger partial charge on any atom is 0.225 e. The summed E-state index contributed by atoms with van der Waals surface area (Å²) in [4.78, 5) is 14.3. The predicted molar refractivity (Wildman–Crippen MR) is 88.9 cm³/mol. The molecule has 2 heterocycles. The number of likely N-dealkylation sites (tertiary alicyclic amines) is 1. The number of sulfonamides is 1. The quantitative estimate of drug-likeness (QED) is 0.773. The van der Waals surface area contributed by atoms with Gasteiger partial charge in [0, 0.05) is 37.7 Å². The monoisotopic (exact) mass is 360 g/mol. The largest absolute Gasteiger partial charge is 0.393 e. The van der Waals surface area contributed by atoms with Gasteiger partial charge in [-0.3, -0.25) is 4.79 Å². The highest BCUT2D eigenvalue weighted by Crippen LogP contribution is 2.44. The lowest BCUT2D eigenvalue weighted by Crippen LogP contribution is -2.58. The zero-order valence-electron chi connectivity index (χ0n) is 14.5. The van der Waals surface area contributed by atoms with Crippen LogP contribution in [0.15, 0.2) is 0 Å². The van der Waals surface area contributed by atoms with Crippen molar-refractivity contribution in [3.05, 3.63) is 0 Å². The minimum Gasteiger partial charge on any atom is -0.393 e. The van der Waals surface area contributed by atoms with Gasteiger partial charge in [-0.25, -0.2) is 8.42 Å². The van der Waals surface area contributed by atoms with Gasteiger partial charge in [0.2, 0.25) is 15.9 Å². The average molecular weight is 360 g/mol. The van der Waals surface area contributed by atoms with Crippen LogP contribution in [-0.4, -0.2) is 79.4 Å². The standard InChI is InChI=1S/C16H28N2O5S/c1-23-11-13-3-4-16(18(13)24(2,21)22)5-7-17(8-6-16)15(20)12-9-14(19)10-12/h12-14,19H,3-11H2,1-2H3. The van der Waals surface area contributed by atoms with Crippen molar-refractivity contribution in [2.24, 2.45) is 5.92 Å². The van der Waals surface area contributed by atoms with Gasteiger partial charge in [0.15, 0.2) is 0 Å². The van der Waals surface area contributed by atoms with Gasteiger partial charge < -0.3 is 14.7 Å². The summed E-state index contributed by atoms with van der Waals surface area (Å²) in [6.07, 6.45) is 5.07. The minimum absolute atomic E-state index is 0.0510. The van der Waals surface area contributed by atoms with E-state index < -0.39 is 10.0 Å². The van der Waals surface area contributed by atoms with Crippen molar-refractivity contribution >= 4 is 15.9 Å². The van der Waals surface area contributed by atoms with E-state index in [2.05, 4.69) is 0 Å². The van der Waals surface area contributed by atoms with Gasteiger partial charge in [0.1, 0.15) is 0 Å². The Morgan fingerprint density at radius 1 is 1.25 bits per heavy atom. The molecule has 1 spiro atoms. The fraction of sp³-hybridized carbons (Fsp3) is 0.938. The highest BCUT2D eigenvalue weighted by atomic mass is 32.2. The molecular weight excluding hydrogens is 332 g/mol. The number of aliphatic hydroxyl groups excluding tert-OH is 1. The van der Waals surface area contributed by atoms with Crippen LogP contribution < -0.4 is 0 Å². The highest BCUT2D eigenvalue weighted by molar-refractivity contribution is 7.88. The molecule has 2 aliphatic heterocycles. The van der Waals surface area contributed by atoms with E-state index in [0.717, 1.165) is 12.8 Å². The summed E-state index contributed by atoms with van der Waals surface area (Å²) in [5, 5.41) is 9.38. The third kappa shape index (κ3) is 3.21. The lowest BCUT2D eigenvalue weighted by Gasteiger charge is -2.46. The van der Waals surface area contributed by atoms with Crippen molar-refractivity contribution in [3.63, 3.8) is 0 Å². The van der Waals surface area contributed by atoms with E-state index in [4.69, 9.17) is 4.74 Å². The fourth-order valence-corrected chi connectivity index (χ4v) is 6.36. The molecule has 138 valence electrons. The molecule has 1 atom stereocenters. The average Bonchev–Trinajstić information content (AvgIpc) is 2.83. The number of amides is 1. The van der Waals surface area contributed by atoms with Crippen LogP contribution in [0.5, 0.6) is 0 Å². The van der Waals surface area contributed by atoms with E-state index in [1.165, 1.54) is 6.26 Å². The SMILES string of the molecule is COCC1CCC2(CCN(C(=O)C3CC(O)C3)CC2)N1S(C)(=O)=O. The molecule has 0 radical (unpaired) electrons. The molecule has 1 saturated carbocycles. The number of carbonyl (C=O) groups is 1. The molecule has 7 nitrogen and oxygen atoms in total. The number of carbonyl (C=O) groups excluding carboxylic acids is 1. The molecule has 0 aromatic heterocycles. The number of piperidine rings is 1. The van der Waals surface area contributed by atoms with Crippen LogP contribution in [0.2, 0.25) is 0 Å². The van der Waals surface area contributed by atoms with Gasteiger partial charge in [-0.05, 0) is 38.5 Å². The summed E-state index contributed by atoms with van der Waals surface area (Å²) in [6.45, 7) is 1.60. The molecule has 3 rings (SSSR count). The van der Waals surface area contributed by atoms with Crippen LogP contribution in [0.1, 0.15) is 38.5 Å². The van der Waals surface area contributed by atoms with Gasteiger partial charge in [-0.1, -0.05) is 0 Å². The highest BCUT2D eigenvalue weighted by Gasteiger charge is 2.52. The molecule has 24 heavy (non-hydrogen) atoms. The van der Waals surface area contributed by atoms with Gasteiger partial charge >= 0.3 is 0 Å². The summed E-state index contributed by atoms with van der Waals surface area (Å²) in [5.74, 6) is 0.0670. The van der Waals surface area contributed by atoms with E-state index in [1.807, 2.05) is 4.90 Å². The van der Waals surface area contributed by atoms with Crippen molar-refractivity contribution in [1.82, 2.24) is 9.21 Å². The Kier molecular flexibility index (Phi) is 4.94. The Bertz CT molecular complexity index is 579. The van der Waals surface area contributed by atoms with Gasteiger partial charge in [0.25, 0.3) is 0 Å². The van der Waals surface area contributed by atoms with Crippen LogP contribution >= 0.6 is 0 Å². The molecule has 1 aliphatic carbocycles. The molecule has 0 bridgehead atoms. The Balaban J connectivity index is 1.68. The van der Waals surface area contributed by atoms with E-state index >= 15 is 0 Å². The first-order valence-electron chi connectivity index (χ1n) is 8.72. The lowest BCUT2D eigenvalue weighted by atomic mass is 9.80. The number of hydrogen-bond acceptors (Lipinski definition) is 5. The third-order valence-corrected chi connectivity index (χ3v) is 7.33. The molecule has 0 aromatic rings. The van der Waals surface area contributed by atoms with E-state index in [1.54, 1.807) is 11.4 Å². The predicted octanol–water partition coefficient (Wildman–Crippen LogP) is 0.189. The molecule has 3 fully saturated rings. The molecule has 8 heteroatoms. The molecule has 1 amide bonds. The first-order valence-corrected chi connectivity index (χ1v) is 10.6. The number of aliphatic hydroxyl groups is 1. The fourth-order valence-electron chi connectivity index (χ4n) is 4.68. The normalized spacial score (nSPS) is 33.6. The van der Waals surface area contributed by atoms with Crippen molar-refractivity contribution in [1.29, 1.82) is 0 Å². The van der Waals surface area contributed by atoms with Crippen LogP contribution in [-0.2, 0) is 19.6 Å². The molecule has 1 N–H and O–H groups in total. The second-order valence-corrected chi connectivity index (χ2v) is 9.44. The number of methoxy groups -OCH3 is 1. The van der Waals surface area contributed by atoms with Crippen LogP contribution in [0.3, 0.4) is 0 Å². The number of nitrogens with zero attached hydrogens (tertiary/aromatic N) is 2. The van der Waals surface area contributed by atoms with E-state index in [9.17, 15) is 18.3 Å². The first-order chi connectivity index (χ1) is 11.3. The topological polar surface area (TPSA) is 87.2 Å². The van der Waals surface area contributed by atoms with Gasteiger partial charge in [-0.2, -0.15) is 4.31 Å². The zero-order chi connectivity index (χ0) is 17.5. The van der Waals surface area contributed by atoms with Crippen LogP contribution in [0.25, 0.3) is 0 Å². The van der Waals surface area contributed by atoms with E-state index in [-0.39, 0.29) is 29.5 Å². The molecule has 0 aromatic carbocycles. The summed E-state index contributed by atoms with van der Waals surface area (Å²) in [6, 6.07) is -0.103. The first kappa shape index (κ1) is 18.1. The molecule has 2 saturated heterocycles. The Hall–Kier alpha value is -0.700. The van der Waals surface area contributed by atoms with Gasteiger partial charge in [-0.15, -0.1) is 0 Å². The molecule has 1 unspecified atom stereocenters. The Morgan fingerprint density at radius 3 is 2.38 bits per heavy atom. The Labute approximate surface area is 144 Å². The smallest absolute Gasteiger partial charge is 0.225 e. The number of rotatable bonds is 4. The summed E-state index contributed by atoms with van der Waals surface area (Å²) in [5.41, 5.74) is -0.368. The van der Waals surface area contributed by atoms with Crippen molar-refractivity contribution in [3.8, 4) is 0 Å². The summed E-state index contributed by atoms with van der Waals surface area (Å²) < 4.78 is 31.6. The van der Waals surface area contributed by atoms with Crippen LogP contribution in [0.4, 0.5) is 0 Å². The molecular formula is C16H28N2O5S. The minimum atomic E-state index is -3.32. The van der Waals surface area contributed by atoms with Gasteiger partial charge in [0.05, 0.1) is 19.0 Å².